The number of rotatable bonds is 8. The Kier molecular flexibility index (Phi) is 5.60. The molecule has 3 heterocycles. The van der Waals surface area contributed by atoms with Crippen LogP contribution in [0.5, 0.6) is 11.5 Å². The molecule has 2 aromatic heterocycles. The molecule has 7 heteroatoms. The van der Waals surface area contributed by atoms with Crippen LogP contribution in [0.2, 0.25) is 0 Å². The van der Waals surface area contributed by atoms with Crippen molar-refractivity contribution in [3.8, 4) is 22.8 Å². The van der Waals surface area contributed by atoms with Gasteiger partial charge in [-0.05, 0) is 48.4 Å². The Morgan fingerprint density at radius 1 is 1.12 bits per heavy atom. The number of ether oxygens (including phenoxy) is 1. The molecule has 0 spiro atoms. The summed E-state index contributed by atoms with van der Waals surface area (Å²) in [6.07, 6.45) is 3.67. The average Bonchev–Trinajstić information content (AvgIpc) is 3.55. The lowest BCUT2D eigenvalue weighted by atomic mass is 9.95. The van der Waals surface area contributed by atoms with Gasteiger partial charge in [0.05, 0.1) is 25.5 Å². The Labute approximate surface area is 191 Å². The van der Waals surface area contributed by atoms with Crippen LogP contribution in [0.1, 0.15) is 53.2 Å². The molecule has 2 N–H and O–H groups in total. The summed E-state index contributed by atoms with van der Waals surface area (Å²) in [6.45, 7) is 3.11. The van der Waals surface area contributed by atoms with Crippen LogP contribution in [-0.4, -0.2) is 32.7 Å². The van der Waals surface area contributed by atoms with E-state index < -0.39 is 6.04 Å². The second-order valence-corrected chi connectivity index (χ2v) is 8.06. The van der Waals surface area contributed by atoms with E-state index in [0.29, 0.717) is 35.9 Å². The van der Waals surface area contributed by atoms with Crippen molar-refractivity contribution in [3.63, 3.8) is 0 Å². The Morgan fingerprint density at radius 3 is 2.67 bits per heavy atom. The van der Waals surface area contributed by atoms with Crippen molar-refractivity contribution in [2.24, 2.45) is 0 Å². The monoisotopic (exact) mass is 443 g/mol. The molecule has 2 aromatic carbocycles. The van der Waals surface area contributed by atoms with E-state index in [4.69, 9.17) is 9.15 Å². The number of benzene rings is 2. The predicted molar refractivity (Wildman–Crippen MR) is 123 cm³/mol. The Morgan fingerprint density at radius 2 is 1.94 bits per heavy atom. The van der Waals surface area contributed by atoms with E-state index in [2.05, 4.69) is 17.1 Å². The first kappa shape index (κ1) is 20.9. The number of carbonyl (C=O) groups excluding carboxylic acids is 1. The zero-order valence-corrected chi connectivity index (χ0v) is 18.3. The van der Waals surface area contributed by atoms with E-state index in [1.54, 1.807) is 29.4 Å². The van der Waals surface area contributed by atoms with E-state index in [1.165, 1.54) is 0 Å². The number of para-hydroxylation sites is 1. The van der Waals surface area contributed by atoms with Gasteiger partial charge in [0.25, 0.3) is 5.91 Å². The molecule has 7 nitrogen and oxygen atoms in total. The number of aromatic hydroxyl groups is 1. The number of unbranched alkanes of at least 4 members (excludes halogenated alkanes) is 1. The lowest BCUT2D eigenvalue weighted by Gasteiger charge is -2.25. The molecule has 0 unspecified atom stereocenters. The minimum atomic E-state index is -0.393. The van der Waals surface area contributed by atoms with E-state index in [0.717, 1.165) is 29.7 Å². The first-order valence-corrected chi connectivity index (χ1v) is 11.1. The van der Waals surface area contributed by atoms with Gasteiger partial charge in [0.1, 0.15) is 28.6 Å². The van der Waals surface area contributed by atoms with Gasteiger partial charge in [-0.2, -0.15) is 5.10 Å². The summed E-state index contributed by atoms with van der Waals surface area (Å²) in [7, 11) is 0. The van der Waals surface area contributed by atoms with Crippen molar-refractivity contribution >= 4 is 5.91 Å². The molecule has 1 aliphatic heterocycles. The highest BCUT2D eigenvalue weighted by Gasteiger charge is 2.42. The van der Waals surface area contributed by atoms with Gasteiger partial charge in [-0.15, -0.1) is 0 Å². The summed E-state index contributed by atoms with van der Waals surface area (Å²) in [4.78, 5) is 15.2. The highest BCUT2D eigenvalue weighted by molar-refractivity contribution is 6.00. The predicted octanol–water partition coefficient (Wildman–Crippen LogP) is 5.30. The molecular formula is C26H25N3O4. The number of amides is 1. The van der Waals surface area contributed by atoms with Gasteiger partial charge in [-0.1, -0.05) is 37.6 Å². The zero-order valence-electron chi connectivity index (χ0n) is 18.3. The van der Waals surface area contributed by atoms with Crippen molar-refractivity contribution in [1.82, 2.24) is 15.1 Å². The highest BCUT2D eigenvalue weighted by atomic mass is 16.5. The van der Waals surface area contributed by atoms with Gasteiger partial charge in [0, 0.05) is 11.1 Å². The van der Waals surface area contributed by atoms with Gasteiger partial charge in [0.2, 0.25) is 0 Å². The number of hydrogen-bond donors (Lipinski definition) is 2. The van der Waals surface area contributed by atoms with Crippen molar-refractivity contribution in [2.45, 2.75) is 32.4 Å². The zero-order chi connectivity index (χ0) is 22.8. The summed E-state index contributed by atoms with van der Waals surface area (Å²) in [5.41, 5.74) is 3.23. The quantitative estimate of drug-likeness (QED) is 0.361. The van der Waals surface area contributed by atoms with Crippen LogP contribution in [-0.2, 0) is 6.54 Å². The summed E-state index contributed by atoms with van der Waals surface area (Å²) >= 11 is 0. The molecule has 1 atom stereocenters. The number of aromatic amines is 1. The second-order valence-electron chi connectivity index (χ2n) is 8.06. The van der Waals surface area contributed by atoms with Crippen LogP contribution in [0.3, 0.4) is 0 Å². The van der Waals surface area contributed by atoms with Crippen LogP contribution in [0.4, 0.5) is 0 Å². The molecule has 4 aromatic rings. The summed E-state index contributed by atoms with van der Waals surface area (Å²) in [5.74, 6) is 1.43. The molecule has 5 rings (SSSR count). The summed E-state index contributed by atoms with van der Waals surface area (Å²) < 4.78 is 11.3. The van der Waals surface area contributed by atoms with Crippen LogP contribution >= 0.6 is 0 Å². The van der Waals surface area contributed by atoms with Crippen LogP contribution in [0, 0.1) is 0 Å². The number of phenolic OH excluding ortho intramolecular Hbond substituents is 1. The van der Waals surface area contributed by atoms with Gasteiger partial charge in [0.15, 0.2) is 0 Å². The minimum Gasteiger partial charge on any atom is -0.507 e. The molecule has 168 valence electrons. The van der Waals surface area contributed by atoms with E-state index in [-0.39, 0.29) is 11.7 Å². The lowest BCUT2D eigenvalue weighted by Crippen LogP contribution is -2.28. The standard InChI is InChI=1S/C26H25N3O4/c1-2-3-14-32-18-12-10-17(11-13-18)25-22-23(20-8-4-5-9-21(20)30)27-28-24(22)26(31)29(25)16-19-7-6-15-33-19/h4-13,15,25,30H,2-3,14,16H2,1H3,(H,27,28)/t25-/m1/s1. The van der Waals surface area contributed by atoms with E-state index in [1.807, 2.05) is 42.5 Å². The van der Waals surface area contributed by atoms with Gasteiger partial charge >= 0.3 is 0 Å². The molecule has 0 radical (unpaired) electrons. The second kappa shape index (κ2) is 8.86. The number of fused-ring (bicyclic) bond motifs is 1. The number of nitrogens with one attached hydrogen (secondary N) is 1. The molecule has 0 saturated heterocycles. The third-order valence-corrected chi connectivity index (χ3v) is 5.89. The SMILES string of the molecule is CCCCOc1ccc([C@@H]2c3c(-c4ccccc4O)n[nH]c3C(=O)N2Cc2ccco2)cc1. The van der Waals surface area contributed by atoms with Gasteiger partial charge in [-0.3, -0.25) is 9.89 Å². The van der Waals surface area contributed by atoms with Crippen LogP contribution < -0.4 is 4.74 Å². The fraction of sp³-hybridized carbons (Fsp3) is 0.231. The van der Waals surface area contributed by atoms with Crippen molar-refractivity contribution in [2.75, 3.05) is 6.61 Å². The highest BCUT2D eigenvalue weighted by Crippen LogP contribution is 2.45. The number of aromatic nitrogens is 2. The number of carbonyl (C=O) groups is 1. The third kappa shape index (κ3) is 3.86. The van der Waals surface area contributed by atoms with Crippen LogP contribution in [0.15, 0.2) is 71.3 Å². The van der Waals surface area contributed by atoms with Gasteiger partial charge < -0.3 is 19.2 Å². The number of furan rings is 1. The topological polar surface area (TPSA) is 91.6 Å². The fourth-order valence-electron chi connectivity index (χ4n) is 4.24. The maximum Gasteiger partial charge on any atom is 0.273 e. The van der Waals surface area contributed by atoms with E-state index >= 15 is 0 Å². The van der Waals surface area contributed by atoms with Gasteiger partial charge in [-0.25, -0.2) is 0 Å². The molecule has 0 aliphatic carbocycles. The van der Waals surface area contributed by atoms with E-state index in [9.17, 15) is 9.90 Å². The minimum absolute atomic E-state index is 0.113. The van der Waals surface area contributed by atoms with Crippen molar-refractivity contribution < 1.29 is 19.1 Å². The summed E-state index contributed by atoms with van der Waals surface area (Å²) in [5, 5.41) is 17.8. The third-order valence-electron chi connectivity index (χ3n) is 5.89. The number of nitrogens with zero attached hydrogens (tertiary/aromatic N) is 2. The average molecular weight is 444 g/mol. The maximum absolute atomic E-state index is 13.4. The number of phenols is 1. The first-order chi connectivity index (χ1) is 16.2. The Balaban J connectivity index is 1.56. The van der Waals surface area contributed by atoms with Crippen molar-refractivity contribution in [3.05, 3.63) is 89.5 Å². The molecule has 0 saturated carbocycles. The fourth-order valence-corrected chi connectivity index (χ4v) is 4.24. The Bertz CT molecular complexity index is 1250. The molecule has 0 fully saturated rings. The molecular weight excluding hydrogens is 418 g/mol. The summed E-state index contributed by atoms with van der Waals surface area (Å²) in [6, 6.07) is 18.1. The smallest absolute Gasteiger partial charge is 0.273 e. The number of H-pyrrole nitrogens is 1. The largest absolute Gasteiger partial charge is 0.507 e. The lowest BCUT2D eigenvalue weighted by molar-refractivity contribution is 0.0717. The van der Waals surface area contributed by atoms with Crippen LogP contribution in [0.25, 0.3) is 11.3 Å². The van der Waals surface area contributed by atoms with Crippen molar-refractivity contribution in [1.29, 1.82) is 0 Å². The molecule has 1 amide bonds. The first-order valence-electron chi connectivity index (χ1n) is 11.1. The molecule has 0 bridgehead atoms. The molecule has 33 heavy (non-hydrogen) atoms. The normalized spacial score (nSPS) is 15.1. The maximum atomic E-state index is 13.4. The Hall–Kier alpha value is -4.00. The number of hydrogen-bond acceptors (Lipinski definition) is 5. The molecule has 1 aliphatic rings.